The molecule has 2 N–H and O–H groups in total. The summed E-state index contributed by atoms with van der Waals surface area (Å²) in [5.74, 6) is 4.32. The second kappa shape index (κ2) is 9.39. The molecule has 0 unspecified atom stereocenters. The topological polar surface area (TPSA) is 64.9 Å². The fourth-order valence-corrected chi connectivity index (χ4v) is 2.50. The van der Waals surface area contributed by atoms with Crippen LogP contribution in [-0.2, 0) is 12.2 Å². The number of thioether (sulfide) groups is 1. The maximum atomic E-state index is 5.45. The summed E-state index contributed by atoms with van der Waals surface area (Å²) in [5.41, 5.74) is 5.45. The van der Waals surface area contributed by atoms with E-state index in [1.54, 1.807) is 0 Å². The number of hydrogen-bond acceptors (Lipinski definition) is 5. The summed E-state index contributed by atoms with van der Waals surface area (Å²) in [5, 5.41) is 4.00. The van der Waals surface area contributed by atoms with Gasteiger partial charge in [0, 0.05) is 6.42 Å². The van der Waals surface area contributed by atoms with Crippen LogP contribution in [0.1, 0.15) is 51.2 Å². The lowest BCUT2D eigenvalue weighted by molar-refractivity contribution is 0.370. The Morgan fingerprint density at radius 2 is 2.00 bits per heavy atom. The third-order valence-electron chi connectivity index (χ3n) is 2.54. The summed E-state index contributed by atoms with van der Waals surface area (Å²) in [6, 6.07) is 0. The molecule has 1 aromatic rings. The average Bonchev–Trinajstić information content (AvgIpc) is 2.76. The monoisotopic (exact) mass is 271 g/mol. The Kier molecular flexibility index (Phi) is 8.09. The molecule has 0 radical (unpaired) electrons. The summed E-state index contributed by atoms with van der Waals surface area (Å²) in [6.45, 7) is 5.23. The fourth-order valence-electron chi connectivity index (χ4n) is 1.61. The van der Waals surface area contributed by atoms with Gasteiger partial charge in [0.1, 0.15) is 0 Å². The molecule has 0 fully saturated rings. The van der Waals surface area contributed by atoms with E-state index in [4.69, 9.17) is 10.3 Å². The molecule has 0 atom stereocenters. The molecular weight excluding hydrogens is 246 g/mol. The zero-order valence-electron chi connectivity index (χ0n) is 11.5. The van der Waals surface area contributed by atoms with Crippen molar-refractivity contribution in [1.29, 1.82) is 0 Å². The zero-order chi connectivity index (χ0) is 13.2. The molecule has 0 spiro atoms. The van der Waals surface area contributed by atoms with Gasteiger partial charge >= 0.3 is 0 Å². The third-order valence-corrected chi connectivity index (χ3v) is 3.90. The molecule has 0 aliphatic heterocycles. The molecule has 1 heterocycles. The van der Waals surface area contributed by atoms with Gasteiger partial charge < -0.3 is 10.3 Å². The van der Waals surface area contributed by atoms with Crippen molar-refractivity contribution < 1.29 is 4.52 Å². The third kappa shape index (κ3) is 7.01. The van der Waals surface area contributed by atoms with E-state index >= 15 is 0 Å². The van der Waals surface area contributed by atoms with Crippen molar-refractivity contribution in [2.45, 2.75) is 51.7 Å². The maximum absolute atomic E-state index is 5.45. The molecular formula is C13H25N3OS. The molecule has 104 valence electrons. The van der Waals surface area contributed by atoms with Gasteiger partial charge in [0.15, 0.2) is 5.82 Å². The SMILES string of the molecule is CC(C)CSCc1noc(CCCCCCN)n1. The summed E-state index contributed by atoms with van der Waals surface area (Å²) < 4.78 is 5.23. The lowest BCUT2D eigenvalue weighted by atomic mass is 10.1. The van der Waals surface area contributed by atoms with Crippen LogP contribution in [0, 0.1) is 5.92 Å². The predicted molar refractivity (Wildman–Crippen MR) is 76.5 cm³/mol. The lowest BCUT2D eigenvalue weighted by Crippen LogP contribution is -1.97. The number of aryl methyl sites for hydroxylation is 1. The van der Waals surface area contributed by atoms with Crippen molar-refractivity contribution in [2.24, 2.45) is 11.7 Å². The van der Waals surface area contributed by atoms with Gasteiger partial charge in [-0.05, 0) is 31.1 Å². The number of nitrogens with zero attached hydrogens (tertiary/aromatic N) is 2. The zero-order valence-corrected chi connectivity index (χ0v) is 12.3. The molecule has 4 nitrogen and oxygen atoms in total. The number of hydrogen-bond donors (Lipinski definition) is 1. The van der Waals surface area contributed by atoms with E-state index in [0.29, 0.717) is 5.92 Å². The van der Waals surface area contributed by atoms with Gasteiger partial charge in [0.05, 0.1) is 5.75 Å². The first-order valence-corrected chi connectivity index (χ1v) is 7.97. The Labute approximate surface area is 114 Å². The number of unbranched alkanes of at least 4 members (excludes halogenated alkanes) is 3. The van der Waals surface area contributed by atoms with Gasteiger partial charge in [0.2, 0.25) is 5.89 Å². The average molecular weight is 271 g/mol. The first kappa shape index (κ1) is 15.5. The molecule has 1 rings (SSSR count). The van der Waals surface area contributed by atoms with E-state index in [1.807, 2.05) is 11.8 Å². The Balaban J connectivity index is 2.13. The van der Waals surface area contributed by atoms with Gasteiger partial charge in [-0.2, -0.15) is 16.7 Å². The highest BCUT2D eigenvalue weighted by molar-refractivity contribution is 7.98. The van der Waals surface area contributed by atoms with E-state index in [9.17, 15) is 0 Å². The summed E-state index contributed by atoms with van der Waals surface area (Å²) in [7, 11) is 0. The summed E-state index contributed by atoms with van der Waals surface area (Å²) in [6.07, 6.45) is 5.51. The van der Waals surface area contributed by atoms with Gasteiger partial charge in [-0.15, -0.1) is 0 Å². The predicted octanol–water partition coefficient (Wildman–Crippen LogP) is 3.02. The van der Waals surface area contributed by atoms with E-state index < -0.39 is 0 Å². The van der Waals surface area contributed by atoms with Crippen molar-refractivity contribution in [1.82, 2.24) is 10.1 Å². The van der Waals surface area contributed by atoms with Crippen LogP contribution < -0.4 is 5.73 Å². The van der Waals surface area contributed by atoms with Crippen LogP contribution in [-0.4, -0.2) is 22.4 Å². The van der Waals surface area contributed by atoms with Gasteiger partial charge in [-0.25, -0.2) is 0 Å². The lowest BCUT2D eigenvalue weighted by Gasteiger charge is -2.00. The maximum Gasteiger partial charge on any atom is 0.226 e. The van der Waals surface area contributed by atoms with E-state index in [0.717, 1.165) is 49.0 Å². The van der Waals surface area contributed by atoms with E-state index in [1.165, 1.54) is 12.8 Å². The first-order valence-electron chi connectivity index (χ1n) is 6.81. The summed E-state index contributed by atoms with van der Waals surface area (Å²) >= 11 is 1.86. The van der Waals surface area contributed by atoms with Crippen LogP contribution in [0.25, 0.3) is 0 Å². The molecule has 0 aromatic carbocycles. The summed E-state index contributed by atoms with van der Waals surface area (Å²) in [4.78, 5) is 4.40. The van der Waals surface area contributed by atoms with Crippen molar-refractivity contribution in [3.63, 3.8) is 0 Å². The normalized spacial score (nSPS) is 11.3. The van der Waals surface area contributed by atoms with Gasteiger partial charge in [-0.3, -0.25) is 0 Å². The van der Waals surface area contributed by atoms with Crippen LogP contribution >= 0.6 is 11.8 Å². The second-order valence-corrected chi connectivity index (χ2v) is 6.00. The molecule has 0 aliphatic rings. The smallest absolute Gasteiger partial charge is 0.226 e. The largest absolute Gasteiger partial charge is 0.339 e. The second-order valence-electron chi connectivity index (χ2n) is 4.97. The molecule has 0 aliphatic carbocycles. The van der Waals surface area contributed by atoms with Crippen LogP contribution in [0.5, 0.6) is 0 Å². The first-order chi connectivity index (χ1) is 8.72. The molecule has 0 saturated heterocycles. The number of aromatic nitrogens is 2. The highest BCUT2D eigenvalue weighted by Crippen LogP contribution is 2.14. The van der Waals surface area contributed by atoms with Crippen LogP contribution in [0.4, 0.5) is 0 Å². The van der Waals surface area contributed by atoms with Gasteiger partial charge in [0.25, 0.3) is 0 Å². The Bertz CT molecular complexity index is 315. The minimum atomic E-state index is 0.712. The Hall–Kier alpha value is -0.550. The van der Waals surface area contributed by atoms with Crippen LogP contribution in [0.3, 0.4) is 0 Å². The number of rotatable bonds is 10. The van der Waals surface area contributed by atoms with Crippen molar-refractivity contribution >= 4 is 11.8 Å². The van der Waals surface area contributed by atoms with Crippen LogP contribution in [0.2, 0.25) is 0 Å². The molecule has 0 amide bonds. The minimum absolute atomic E-state index is 0.712. The standard InChI is InChI=1S/C13H25N3OS/c1-11(2)9-18-10-12-15-13(17-16-12)7-5-3-4-6-8-14/h11H,3-10,14H2,1-2H3. The van der Waals surface area contributed by atoms with E-state index in [2.05, 4.69) is 24.0 Å². The molecule has 1 aromatic heterocycles. The van der Waals surface area contributed by atoms with Crippen molar-refractivity contribution in [3.8, 4) is 0 Å². The van der Waals surface area contributed by atoms with Crippen molar-refractivity contribution in [2.75, 3.05) is 12.3 Å². The Morgan fingerprint density at radius 3 is 2.72 bits per heavy atom. The van der Waals surface area contributed by atoms with Crippen molar-refractivity contribution in [3.05, 3.63) is 11.7 Å². The molecule has 0 bridgehead atoms. The number of nitrogens with two attached hydrogens (primary N) is 1. The molecule has 18 heavy (non-hydrogen) atoms. The minimum Gasteiger partial charge on any atom is -0.339 e. The fraction of sp³-hybridized carbons (Fsp3) is 0.846. The van der Waals surface area contributed by atoms with Gasteiger partial charge in [-0.1, -0.05) is 31.8 Å². The Morgan fingerprint density at radius 1 is 1.22 bits per heavy atom. The molecule has 5 heteroatoms. The molecule has 0 saturated carbocycles. The highest BCUT2D eigenvalue weighted by atomic mass is 32.2. The quantitative estimate of drug-likeness (QED) is 0.663. The highest BCUT2D eigenvalue weighted by Gasteiger charge is 2.06. The van der Waals surface area contributed by atoms with Crippen LogP contribution in [0.15, 0.2) is 4.52 Å². The van der Waals surface area contributed by atoms with E-state index in [-0.39, 0.29) is 0 Å².